The summed E-state index contributed by atoms with van der Waals surface area (Å²) in [5.74, 6) is 0. The molecule has 0 unspecified atom stereocenters. The van der Waals surface area contributed by atoms with Crippen molar-refractivity contribution in [1.29, 1.82) is 0 Å². The van der Waals surface area contributed by atoms with E-state index in [9.17, 15) is 0 Å². The fourth-order valence-electron chi connectivity index (χ4n) is 2.21. The fourth-order valence-corrected chi connectivity index (χ4v) is 2.21. The number of halogens is 2. The van der Waals surface area contributed by atoms with Crippen LogP contribution in [0.3, 0.4) is 0 Å². The lowest BCUT2D eigenvalue weighted by Gasteiger charge is -1.98. The first-order valence-corrected chi connectivity index (χ1v) is 6.76. The highest BCUT2D eigenvalue weighted by Gasteiger charge is 2.01. The maximum absolute atomic E-state index is 2.26. The standard InChI is InChI=1S/C14H24N4.2ClH/c1-15-9-11-17(13-15)7-5-3-4-6-8-18-12-10-16(2)14-18;;/h9-14H,3-8H2,1-2H3;2*1H/q+2;;/p-2. The van der Waals surface area contributed by atoms with Gasteiger partial charge in [0.15, 0.2) is 0 Å². The molecule has 114 valence electrons. The Bertz CT molecular complexity index is 435. The van der Waals surface area contributed by atoms with Gasteiger partial charge in [-0.1, -0.05) is 0 Å². The molecule has 0 aliphatic heterocycles. The predicted octanol–water partition coefficient (Wildman–Crippen LogP) is -4.79. The summed E-state index contributed by atoms with van der Waals surface area (Å²) in [6.07, 6.45) is 17.9. The molecule has 0 N–H and O–H groups in total. The van der Waals surface area contributed by atoms with E-state index in [0.29, 0.717) is 0 Å². The van der Waals surface area contributed by atoms with Crippen LogP contribution < -0.4 is 33.9 Å². The van der Waals surface area contributed by atoms with Gasteiger partial charge < -0.3 is 24.8 Å². The Morgan fingerprint density at radius 1 is 0.700 bits per heavy atom. The SMILES string of the molecule is C[n+]1ccn(CCCCCCn2cc[n+](C)c2)c1.[Cl-].[Cl-]. The third kappa shape index (κ3) is 6.44. The number of rotatable bonds is 7. The van der Waals surface area contributed by atoms with E-state index in [0.717, 1.165) is 13.1 Å². The lowest BCUT2D eigenvalue weighted by molar-refractivity contribution is -0.671. The van der Waals surface area contributed by atoms with Crippen LogP contribution in [0.15, 0.2) is 37.4 Å². The van der Waals surface area contributed by atoms with Crippen LogP contribution in [-0.4, -0.2) is 9.13 Å². The van der Waals surface area contributed by atoms with Crippen molar-refractivity contribution >= 4 is 0 Å². The molecule has 2 heterocycles. The van der Waals surface area contributed by atoms with Crippen LogP contribution in [0.4, 0.5) is 0 Å². The van der Waals surface area contributed by atoms with Crippen molar-refractivity contribution < 1.29 is 33.9 Å². The second-order valence-electron chi connectivity index (χ2n) is 5.05. The van der Waals surface area contributed by atoms with Gasteiger partial charge in [0.25, 0.3) is 0 Å². The fraction of sp³-hybridized carbons (Fsp3) is 0.571. The van der Waals surface area contributed by atoms with Gasteiger partial charge in [-0.25, -0.2) is 18.3 Å². The molecule has 0 aliphatic carbocycles. The van der Waals surface area contributed by atoms with E-state index in [-0.39, 0.29) is 24.8 Å². The van der Waals surface area contributed by atoms with Crippen LogP contribution in [0.5, 0.6) is 0 Å². The highest BCUT2D eigenvalue weighted by molar-refractivity contribution is 4.67. The van der Waals surface area contributed by atoms with E-state index in [4.69, 9.17) is 0 Å². The summed E-state index contributed by atoms with van der Waals surface area (Å²) < 4.78 is 8.69. The van der Waals surface area contributed by atoms with E-state index in [1.54, 1.807) is 0 Å². The minimum Gasteiger partial charge on any atom is -1.00 e. The molecule has 0 aliphatic rings. The summed E-state index contributed by atoms with van der Waals surface area (Å²) in [5.41, 5.74) is 0. The molecule has 0 bridgehead atoms. The second kappa shape index (κ2) is 9.83. The highest BCUT2D eigenvalue weighted by Crippen LogP contribution is 2.03. The van der Waals surface area contributed by atoms with Gasteiger partial charge in [0.1, 0.15) is 24.8 Å². The Morgan fingerprint density at radius 2 is 1.10 bits per heavy atom. The summed E-state index contributed by atoms with van der Waals surface area (Å²) in [6, 6.07) is 0. The molecular weight excluding hydrogens is 295 g/mol. The van der Waals surface area contributed by atoms with Crippen LogP contribution in [0.2, 0.25) is 0 Å². The van der Waals surface area contributed by atoms with Crippen molar-refractivity contribution in [2.24, 2.45) is 14.1 Å². The van der Waals surface area contributed by atoms with Crippen molar-refractivity contribution in [2.45, 2.75) is 38.8 Å². The lowest BCUT2D eigenvalue weighted by Crippen LogP contribution is -3.00. The number of aryl methyl sites for hydroxylation is 4. The van der Waals surface area contributed by atoms with Crippen LogP contribution >= 0.6 is 0 Å². The molecule has 0 amide bonds. The molecule has 0 aromatic carbocycles. The third-order valence-electron chi connectivity index (χ3n) is 3.23. The minimum absolute atomic E-state index is 0. The molecule has 2 aromatic heterocycles. The van der Waals surface area contributed by atoms with E-state index in [1.807, 2.05) is 0 Å². The smallest absolute Gasteiger partial charge is 0.243 e. The Hall–Kier alpha value is -1.00. The molecule has 6 heteroatoms. The monoisotopic (exact) mass is 318 g/mol. The van der Waals surface area contributed by atoms with Crippen molar-refractivity contribution in [1.82, 2.24) is 9.13 Å². The van der Waals surface area contributed by atoms with Gasteiger partial charge in [0.2, 0.25) is 12.7 Å². The average molecular weight is 319 g/mol. The number of unbranched alkanes of at least 4 members (excludes halogenated alkanes) is 3. The van der Waals surface area contributed by atoms with Crippen LogP contribution in [0.25, 0.3) is 0 Å². The first-order valence-electron chi connectivity index (χ1n) is 6.76. The molecular formula is C14H24Cl2N4. The van der Waals surface area contributed by atoms with Gasteiger partial charge >= 0.3 is 0 Å². The summed E-state index contributed by atoms with van der Waals surface area (Å²) in [4.78, 5) is 0. The average Bonchev–Trinajstić information content (AvgIpc) is 2.93. The lowest BCUT2D eigenvalue weighted by atomic mass is 10.2. The maximum atomic E-state index is 2.26. The Labute approximate surface area is 133 Å². The zero-order chi connectivity index (χ0) is 12.8. The molecule has 0 radical (unpaired) electrons. The summed E-state index contributed by atoms with van der Waals surface area (Å²) in [5, 5.41) is 0. The van der Waals surface area contributed by atoms with Gasteiger partial charge in [0, 0.05) is 0 Å². The van der Waals surface area contributed by atoms with Gasteiger partial charge in [-0.05, 0) is 25.7 Å². The Balaban J connectivity index is 0.00000180. The van der Waals surface area contributed by atoms with Crippen molar-refractivity contribution in [3.05, 3.63) is 37.4 Å². The highest BCUT2D eigenvalue weighted by atomic mass is 35.5. The summed E-state index contributed by atoms with van der Waals surface area (Å²) in [6.45, 7) is 2.28. The van der Waals surface area contributed by atoms with Crippen molar-refractivity contribution in [2.75, 3.05) is 0 Å². The van der Waals surface area contributed by atoms with E-state index in [2.05, 4.69) is 69.8 Å². The van der Waals surface area contributed by atoms with Crippen LogP contribution in [-0.2, 0) is 27.2 Å². The van der Waals surface area contributed by atoms with Crippen LogP contribution in [0.1, 0.15) is 25.7 Å². The topological polar surface area (TPSA) is 17.6 Å². The number of nitrogens with zero attached hydrogens (tertiary/aromatic N) is 4. The predicted molar refractivity (Wildman–Crippen MR) is 69.7 cm³/mol. The summed E-state index contributed by atoms with van der Waals surface area (Å²) in [7, 11) is 4.13. The first-order chi connectivity index (χ1) is 8.74. The molecule has 0 fully saturated rings. The minimum atomic E-state index is 0. The molecule has 2 rings (SSSR count). The van der Waals surface area contributed by atoms with Gasteiger partial charge in [-0.3, -0.25) is 0 Å². The van der Waals surface area contributed by atoms with Crippen molar-refractivity contribution in [3.63, 3.8) is 0 Å². The maximum Gasteiger partial charge on any atom is 0.243 e. The quantitative estimate of drug-likeness (QED) is 0.360. The molecule has 0 spiro atoms. The number of hydrogen-bond donors (Lipinski definition) is 0. The second-order valence-corrected chi connectivity index (χ2v) is 5.05. The number of imidazole rings is 2. The van der Waals surface area contributed by atoms with E-state index < -0.39 is 0 Å². The number of aromatic nitrogens is 4. The van der Waals surface area contributed by atoms with Crippen LogP contribution in [0, 0.1) is 0 Å². The van der Waals surface area contributed by atoms with Crippen molar-refractivity contribution in [3.8, 4) is 0 Å². The Morgan fingerprint density at radius 3 is 1.40 bits per heavy atom. The molecule has 0 saturated heterocycles. The Kier molecular flexibility index (Phi) is 9.34. The van der Waals surface area contributed by atoms with E-state index in [1.165, 1.54) is 25.7 Å². The molecule has 20 heavy (non-hydrogen) atoms. The van der Waals surface area contributed by atoms with Gasteiger partial charge in [0.05, 0.1) is 27.2 Å². The largest absolute Gasteiger partial charge is 1.00 e. The molecule has 2 aromatic rings. The molecule has 0 saturated carbocycles. The molecule has 4 nitrogen and oxygen atoms in total. The van der Waals surface area contributed by atoms with E-state index >= 15 is 0 Å². The third-order valence-corrected chi connectivity index (χ3v) is 3.23. The summed E-state index contributed by atoms with van der Waals surface area (Å²) >= 11 is 0. The number of hydrogen-bond acceptors (Lipinski definition) is 0. The normalized spacial score (nSPS) is 9.90. The van der Waals surface area contributed by atoms with Gasteiger partial charge in [-0.15, -0.1) is 0 Å². The molecule has 0 atom stereocenters. The zero-order valence-electron chi connectivity index (χ0n) is 12.3. The first kappa shape index (κ1) is 19.0. The van der Waals surface area contributed by atoms with Gasteiger partial charge in [-0.2, -0.15) is 0 Å². The zero-order valence-corrected chi connectivity index (χ0v) is 13.8.